The van der Waals surface area contributed by atoms with Crippen LogP contribution in [0.4, 0.5) is 5.69 Å². The standard InChI is InChI=1S/C16H17NO2/c1-4-12-6-7-13-10-14(19-3)8-9-15(13)17(11-12)16(18)5-2/h4-6,8-10H,1-2,7,11H2,3H3. The number of nitrogens with zero attached hydrogens (tertiary/aromatic N) is 1. The number of anilines is 1. The molecule has 3 nitrogen and oxygen atoms in total. The van der Waals surface area contributed by atoms with Crippen LogP contribution >= 0.6 is 0 Å². The molecule has 0 spiro atoms. The highest BCUT2D eigenvalue weighted by molar-refractivity contribution is 6.02. The molecule has 0 saturated carbocycles. The molecule has 0 aromatic heterocycles. The second-order valence-corrected chi connectivity index (χ2v) is 4.31. The van der Waals surface area contributed by atoms with Crippen LogP contribution in [-0.2, 0) is 11.2 Å². The van der Waals surface area contributed by atoms with Crippen molar-refractivity contribution >= 4 is 11.6 Å². The van der Waals surface area contributed by atoms with E-state index in [0.29, 0.717) is 6.54 Å². The highest BCUT2D eigenvalue weighted by Gasteiger charge is 2.20. The van der Waals surface area contributed by atoms with Gasteiger partial charge in [-0.3, -0.25) is 4.79 Å². The first-order valence-electron chi connectivity index (χ1n) is 6.12. The lowest BCUT2D eigenvalue weighted by Crippen LogP contribution is -2.30. The van der Waals surface area contributed by atoms with Gasteiger partial charge in [0, 0.05) is 5.69 Å². The molecule has 1 aromatic rings. The van der Waals surface area contributed by atoms with Crippen molar-refractivity contribution in [2.75, 3.05) is 18.6 Å². The fraction of sp³-hybridized carbons (Fsp3) is 0.188. The van der Waals surface area contributed by atoms with Crippen molar-refractivity contribution in [3.8, 4) is 5.75 Å². The summed E-state index contributed by atoms with van der Waals surface area (Å²) in [5, 5.41) is 0. The third-order valence-corrected chi connectivity index (χ3v) is 3.21. The smallest absolute Gasteiger partial charge is 0.250 e. The molecule has 1 heterocycles. The molecule has 3 heteroatoms. The Morgan fingerprint density at radius 3 is 2.84 bits per heavy atom. The Hall–Kier alpha value is -2.29. The van der Waals surface area contributed by atoms with Crippen LogP contribution in [0.5, 0.6) is 5.75 Å². The maximum atomic E-state index is 12.0. The van der Waals surface area contributed by atoms with E-state index in [1.54, 1.807) is 18.1 Å². The maximum Gasteiger partial charge on any atom is 0.250 e. The van der Waals surface area contributed by atoms with Crippen molar-refractivity contribution in [2.24, 2.45) is 0 Å². The van der Waals surface area contributed by atoms with Gasteiger partial charge in [0.1, 0.15) is 5.75 Å². The summed E-state index contributed by atoms with van der Waals surface area (Å²) in [7, 11) is 1.64. The number of hydrogen-bond acceptors (Lipinski definition) is 2. The molecule has 0 N–H and O–H groups in total. The molecule has 2 rings (SSSR count). The number of carbonyl (C=O) groups is 1. The normalized spacial score (nSPS) is 13.9. The molecule has 0 bridgehead atoms. The van der Waals surface area contributed by atoms with Crippen LogP contribution in [-0.4, -0.2) is 19.6 Å². The summed E-state index contributed by atoms with van der Waals surface area (Å²) in [6.07, 6.45) is 5.96. The monoisotopic (exact) mass is 255 g/mol. The number of rotatable bonds is 3. The average molecular weight is 255 g/mol. The summed E-state index contributed by atoms with van der Waals surface area (Å²) in [5.41, 5.74) is 3.00. The highest BCUT2D eigenvalue weighted by atomic mass is 16.5. The van der Waals surface area contributed by atoms with Crippen molar-refractivity contribution in [1.82, 2.24) is 0 Å². The third-order valence-electron chi connectivity index (χ3n) is 3.21. The zero-order valence-electron chi connectivity index (χ0n) is 11.1. The lowest BCUT2D eigenvalue weighted by Gasteiger charge is -2.22. The predicted octanol–water partition coefficient (Wildman–Crippen LogP) is 2.88. The van der Waals surface area contributed by atoms with Crippen LogP contribution in [0, 0.1) is 0 Å². The van der Waals surface area contributed by atoms with Crippen molar-refractivity contribution in [3.05, 3.63) is 60.7 Å². The summed E-state index contributed by atoms with van der Waals surface area (Å²) in [6.45, 7) is 7.87. The van der Waals surface area contributed by atoms with Crippen LogP contribution in [0.2, 0.25) is 0 Å². The van der Waals surface area contributed by atoms with Crippen molar-refractivity contribution in [2.45, 2.75) is 6.42 Å². The fourth-order valence-corrected chi connectivity index (χ4v) is 2.14. The topological polar surface area (TPSA) is 29.5 Å². The van der Waals surface area contributed by atoms with Crippen molar-refractivity contribution in [3.63, 3.8) is 0 Å². The highest BCUT2D eigenvalue weighted by Crippen LogP contribution is 2.29. The molecule has 0 fully saturated rings. The minimum absolute atomic E-state index is 0.110. The molecule has 0 radical (unpaired) electrons. The summed E-state index contributed by atoms with van der Waals surface area (Å²) in [6, 6.07) is 5.73. The lowest BCUT2D eigenvalue weighted by atomic mass is 10.1. The second kappa shape index (κ2) is 5.57. The number of hydrogen-bond donors (Lipinski definition) is 0. The van der Waals surface area contributed by atoms with Crippen LogP contribution in [0.3, 0.4) is 0 Å². The van der Waals surface area contributed by atoms with E-state index >= 15 is 0 Å². The Balaban J connectivity index is 2.50. The molecular formula is C16H17NO2. The fourth-order valence-electron chi connectivity index (χ4n) is 2.14. The molecule has 19 heavy (non-hydrogen) atoms. The number of allylic oxidation sites excluding steroid dienone is 1. The molecule has 0 unspecified atom stereocenters. The molecule has 1 amide bonds. The van der Waals surface area contributed by atoms with E-state index in [1.165, 1.54) is 6.08 Å². The molecule has 1 aromatic carbocycles. The summed E-state index contributed by atoms with van der Waals surface area (Å²) >= 11 is 0. The van der Waals surface area contributed by atoms with Gasteiger partial charge in [-0.25, -0.2) is 0 Å². The van der Waals surface area contributed by atoms with E-state index in [4.69, 9.17) is 4.74 Å². The largest absolute Gasteiger partial charge is 0.497 e. The van der Waals surface area contributed by atoms with Crippen molar-refractivity contribution in [1.29, 1.82) is 0 Å². The molecule has 1 aliphatic rings. The Labute approximate surface area is 113 Å². The van der Waals surface area contributed by atoms with Crippen LogP contribution in [0.15, 0.2) is 55.2 Å². The number of carbonyl (C=O) groups excluding carboxylic acids is 1. The van der Waals surface area contributed by atoms with Gasteiger partial charge in [0.05, 0.1) is 13.7 Å². The van der Waals surface area contributed by atoms with Gasteiger partial charge < -0.3 is 9.64 Å². The van der Waals surface area contributed by atoms with Gasteiger partial charge in [-0.2, -0.15) is 0 Å². The number of ether oxygens (including phenoxy) is 1. The maximum absolute atomic E-state index is 12.0. The first kappa shape index (κ1) is 13.1. The van der Waals surface area contributed by atoms with Gasteiger partial charge in [-0.05, 0) is 41.8 Å². The van der Waals surface area contributed by atoms with Crippen LogP contribution < -0.4 is 9.64 Å². The number of amides is 1. The summed E-state index contributed by atoms with van der Waals surface area (Å²) < 4.78 is 5.23. The minimum Gasteiger partial charge on any atom is -0.497 e. The first-order valence-corrected chi connectivity index (χ1v) is 6.12. The van der Waals surface area contributed by atoms with E-state index in [0.717, 1.165) is 29.0 Å². The van der Waals surface area contributed by atoms with Gasteiger partial charge in [0.25, 0.3) is 5.91 Å². The first-order chi connectivity index (χ1) is 9.19. The van der Waals surface area contributed by atoms with E-state index in [-0.39, 0.29) is 5.91 Å². The Morgan fingerprint density at radius 1 is 1.42 bits per heavy atom. The minimum atomic E-state index is -0.110. The molecule has 98 valence electrons. The van der Waals surface area contributed by atoms with Gasteiger partial charge in [-0.15, -0.1) is 0 Å². The van der Waals surface area contributed by atoms with E-state index in [2.05, 4.69) is 19.2 Å². The molecule has 0 saturated heterocycles. The molecule has 0 aliphatic carbocycles. The quantitative estimate of drug-likeness (QED) is 0.777. The SMILES string of the molecule is C=CC(=O)N1CC(C=C)=CCc2cc(OC)ccc21. The lowest BCUT2D eigenvalue weighted by molar-refractivity contribution is -0.114. The van der Waals surface area contributed by atoms with Crippen LogP contribution in [0.25, 0.3) is 0 Å². The summed E-state index contributed by atoms with van der Waals surface area (Å²) in [5.74, 6) is 0.682. The number of fused-ring (bicyclic) bond motifs is 1. The van der Waals surface area contributed by atoms with Gasteiger partial charge in [0.15, 0.2) is 0 Å². The average Bonchev–Trinajstić information content (AvgIpc) is 2.65. The second-order valence-electron chi connectivity index (χ2n) is 4.31. The zero-order chi connectivity index (χ0) is 13.8. The summed E-state index contributed by atoms with van der Waals surface area (Å²) in [4.78, 5) is 13.7. The molecule has 1 aliphatic heterocycles. The van der Waals surface area contributed by atoms with E-state index in [9.17, 15) is 4.79 Å². The van der Waals surface area contributed by atoms with Gasteiger partial charge >= 0.3 is 0 Å². The third kappa shape index (κ3) is 2.60. The predicted molar refractivity (Wildman–Crippen MR) is 77.5 cm³/mol. The molecular weight excluding hydrogens is 238 g/mol. The van der Waals surface area contributed by atoms with Gasteiger partial charge in [-0.1, -0.05) is 25.3 Å². The Morgan fingerprint density at radius 2 is 2.21 bits per heavy atom. The Bertz CT molecular complexity index is 558. The van der Waals surface area contributed by atoms with E-state index in [1.807, 2.05) is 18.2 Å². The van der Waals surface area contributed by atoms with Crippen LogP contribution in [0.1, 0.15) is 5.56 Å². The molecule has 0 atom stereocenters. The number of benzene rings is 1. The number of methoxy groups -OCH3 is 1. The van der Waals surface area contributed by atoms with Crippen molar-refractivity contribution < 1.29 is 9.53 Å². The van der Waals surface area contributed by atoms with E-state index < -0.39 is 0 Å². The zero-order valence-corrected chi connectivity index (χ0v) is 11.1. The Kier molecular flexibility index (Phi) is 3.85. The van der Waals surface area contributed by atoms with Gasteiger partial charge in [0.2, 0.25) is 0 Å².